The number of nitrogens with two attached hydrogens (primary N) is 1. The highest BCUT2D eigenvalue weighted by Gasteiger charge is 2.30. The minimum absolute atomic E-state index is 0.348. The number of rotatable bonds is 3. The highest BCUT2D eigenvalue weighted by molar-refractivity contribution is 6.42. The monoisotopic (exact) mass is 334 g/mol. The van der Waals surface area contributed by atoms with Crippen LogP contribution in [0.3, 0.4) is 0 Å². The normalized spacial score (nSPS) is 13.2. The van der Waals surface area contributed by atoms with Gasteiger partial charge in [0.05, 0.1) is 21.7 Å². The zero-order valence-corrected chi connectivity index (χ0v) is 12.1. The van der Waals surface area contributed by atoms with Gasteiger partial charge in [-0.1, -0.05) is 41.4 Å². The van der Waals surface area contributed by atoms with Gasteiger partial charge in [0.1, 0.15) is 0 Å². The van der Waals surface area contributed by atoms with Crippen LogP contribution < -0.4 is 11.3 Å². The number of benzene rings is 2. The molecule has 0 fully saturated rings. The molecule has 3 N–H and O–H groups in total. The Kier molecular flexibility index (Phi) is 4.78. The summed E-state index contributed by atoms with van der Waals surface area (Å²) in [7, 11) is 0. The highest BCUT2D eigenvalue weighted by Crippen LogP contribution is 2.32. The van der Waals surface area contributed by atoms with Crippen molar-refractivity contribution in [1.29, 1.82) is 0 Å². The lowest BCUT2D eigenvalue weighted by molar-refractivity contribution is -0.137. The molecule has 0 aliphatic carbocycles. The summed E-state index contributed by atoms with van der Waals surface area (Å²) >= 11 is 11.8. The molecular weight excluding hydrogens is 324 g/mol. The zero-order chi connectivity index (χ0) is 15.6. The number of halogens is 5. The van der Waals surface area contributed by atoms with Crippen molar-refractivity contribution in [3.63, 3.8) is 0 Å². The van der Waals surface area contributed by atoms with E-state index >= 15 is 0 Å². The van der Waals surface area contributed by atoms with E-state index in [1.54, 1.807) is 18.2 Å². The zero-order valence-electron chi connectivity index (χ0n) is 10.6. The van der Waals surface area contributed by atoms with Crippen LogP contribution in [0.1, 0.15) is 22.7 Å². The molecule has 21 heavy (non-hydrogen) atoms. The summed E-state index contributed by atoms with van der Waals surface area (Å²) in [5.74, 6) is 5.50. The van der Waals surface area contributed by atoms with Gasteiger partial charge < -0.3 is 0 Å². The number of hydrazine groups is 1. The summed E-state index contributed by atoms with van der Waals surface area (Å²) in [6.45, 7) is 0. The first-order valence-electron chi connectivity index (χ1n) is 5.91. The minimum Gasteiger partial charge on any atom is -0.271 e. The van der Waals surface area contributed by atoms with Crippen LogP contribution in [0, 0.1) is 0 Å². The fourth-order valence-electron chi connectivity index (χ4n) is 1.94. The van der Waals surface area contributed by atoms with Gasteiger partial charge in [-0.25, -0.2) is 5.43 Å². The highest BCUT2D eigenvalue weighted by atomic mass is 35.5. The number of hydrogen-bond donors (Lipinski definition) is 2. The van der Waals surface area contributed by atoms with E-state index in [9.17, 15) is 13.2 Å². The van der Waals surface area contributed by atoms with Crippen molar-refractivity contribution < 1.29 is 13.2 Å². The van der Waals surface area contributed by atoms with Gasteiger partial charge in [0.25, 0.3) is 0 Å². The Bertz CT molecular complexity index is 627. The third kappa shape index (κ3) is 3.68. The Balaban J connectivity index is 2.35. The van der Waals surface area contributed by atoms with Gasteiger partial charge in [0.15, 0.2) is 0 Å². The first kappa shape index (κ1) is 16.1. The second-order valence-corrected chi connectivity index (χ2v) is 5.21. The molecule has 2 nitrogen and oxygen atoms in total. The summed E-state index contributed by atoms with van der Waals surface area (Å²) < 4.78 is 37.7. The lowest BCUT2D eigenvalue weighted by Gasteiger charge is -2.18. The van der Waals surface area contributed by atoms with Crippen LogP contribution in [-0.4, -0.2) is 0 Å². The summed E-state index contributed by atoms with van der Waals surface area (Å²) in [5, 5.41) is 0.741. The molecule has 0 heterocycles. The first-order valence-corrected chi connectivity index (χ1v) is 6.66. The minimum atomic E-state index is -4.37. The molecule has 2 aromatic carbocycles. The van der Waals surface area contributed by atoms with E-state index in [0.717, 1.165) is 12.1 Å². The molecule has 0 saturated heterocycles. The fraction of sp³-hybridized carbons (Fsp3) is 0.143. The van der Waals surface area contributed by atoms with Crippen molar-refractivity contribution in [2.45, 2.75) is 12.2 Å². The molecular formula is C14H11Cl2F3N2. The van der Waals surface area contributed by atoms with Crippen molar-refractivity contribution in [2.75, 3.05) is 0 Å². The number of hydrogen-bond acceptors (Lipinski definition) is 2. The van der Waals surface area contributed by atoms with Crippen molar-refractivity contribution in [1.82, 2.24) is 5.43 Å². The van der Waals surface area contributed by atoms with Crippen LogP contribution in [0.15, 0.2) is 42.5 Å². The van der Waals surface area contributed by atoms with Crippen LogP contribution in [0.25, 0.3) is 0 Å². The van der Waals surface area contributed by atoms with E-state index < -0.39 is 17.8 Å². The maximum absolute atomic E-state index is 12.6. The lowest BCUT2D eigenvalue weighted by Crippen LogP contribution is -2.28. The fourth-order valence-corrected chi connectivity index (χ4v) is 2.25. The molecule has 0 aliphatic rings. The molecule has 0 spiro atoms. The Hall–Kier alpha value is -1.27. The maximum Gasteiger partial charge on any atom is 0.416 e. The van der Waals surface area contributed by atoms with E-state index in [2.05, 4.69) is 5.43 Å². The van der Waals surface area contributed by atoms with Crippen molar-refractivity contribution in [3.05, 3.63) is 69.2 Å². The van der Waals surface area contributed by atoms with Crippen molar-refractivity contribution >= 4 is 23.2 Å². The molecule has 1 atom stereocenters. The average Bonchev–Trinajstić information content (AvgIpc) is 2.43. The largest absolute Gasteiger partial charge is 0.416 e. The summed E-state index contributed by atoms with van der Waals surface area (Å²) in [4.78, 5) is 0. The Morgan fingerprint density at radius 3 is 1.95 bits per heavy atom. The molecule has 112 valence electrons. The molecule has 7 heteroatoms. The van der Waals surface area contributed by atoms with Crippen LogP contribution in [0.5, 0.6) is 0 Å². The predicted molar refractivity (Wildman–Crippen MR) is 77.1 cm³/mol. The molecule has 0 bridgehead atoms. The molecule has 1 unspecified atom stereocenters. The quantitative estimate of drug-likeness (QED) is 0.637. The molecule has 0 amide bonds. The van der Waals surface area contributed by atoms with Crippen molar-refractivity contribution in [2.24, 2.45) is 5.84 Å². The Labute approximate surface area is 129 Å². The molecule has 2 rings (SSSR count). The summed E-state index contributed by atoms with van der Waals surface area (Å²) in [6.07, 6.45) is -4.37. The van der Waals surface area contributed by atoms with E-state index in [1.807, 2.05) is 0 Å². The Morgan fingerprint density at radius 1 is 0.905 bits per heavy atom. The van der Waals surface area contributed by atoms with Gasteiger partial charge in [0, 0.05) is 0 Å². The van der Waals surface area contributed by atoms with Gasteiger partial charge in [-0.3, -0.25) is 5.84 Å². The van der Waals surface area contributed by atoms with Gasteiger partial charge in [0.2, 0.25) is 0 Å². The predicted octanol–water partition coefficient (Wildman–Crippen LogP) is 4.56. The third-order valence-electron chi connectivity index (χ3n) is 3.02. The second-order valence-electron chi connectivity index (χ2n) is 4.39. The second kappa shape index (κ2) is 6.23. The lowest BCUT2D eigenvalue weighted by atomic mass is 9.98. The van der Waals surface area contributed by atoms with Crippen LogP contribution >= 0.6 is 23.2 Å². The number of nitrogens with one attached hydrogen (secondary N) is 1. The van der Waals surface area contributed by atoms with Crippen LogP contribution in [-0.2, 0) is 6.18 Å². The molecule has 0 aromatic heterocycles. The summed E-state index contributed by atoms with van der Waals surface area (Å²) in [6, 6.07) is 9.21. The van der Waals surface area contributed by atoms with Crippen molar-refractivity contribution in [3.8, 4) is 0 Å². The Morgan fingerprint density at radius 2 is 1.48 bits per heavy atom. The van der Waals surface area contributed by atoms with Crippen LogP contribution in [0.4, 0.5) is 13.2 Å². The molecule has 0 aliphatic heterocycles. The molecule has 0 radical (unpaired) electrons. The maximum atomic E-state index is 12.6. The van der Waals surface area contributed by atoms with Gasteiger partial charge in [-0.15, -0.1) is 0 Å². The van der Waals surface area contributed by atoms with E-state index in [1.165, 1.54) is 12.1 Å². The SMILES string of the molecule is NNC(c1ccc(C(F)(F)F)cc1)c1ccc(Cl)c(Cl)c1. The molecule has 2 aromatic rings. The first-order chi connectivity index (χ1) is 9.82. The standard InChI is InChI=1S/C14H11Cl2F3N2/c15-11-6-3-9(7-12(11)16)13(21-20)8-1-4-10(5-2-8)14(17,18)19/h1-7,13,21H,20H2. The van der Waals surface area contributed by atoms with Crippen LogP contribution in [0.2, 0.25) is 10.0 Å². The topological polar surface area (TPSA) is 38.0 Å². The summed E-state index contributed by atoms with van der Waals surface area (Å²) in [5.41, 5.74) is 3.13. The van der Waals surface area contributed by atoms with E-state index in [4.69, 9.17) is 29.0 Å². The van der Waals surface area contributed by atoms with Gasteiger partial charge in [-0.05, 0) is 35.4 Å². The van der Waals surface area contributed by atoms with E-state index in [0.29, 0.717) is 21.2 Å². The molecule has 0 saturated carbocycles. The third-order valence-corrected chi connectivity index (χ3v) is 3.75. The van der Waals surface area contributed by atoms with Gasteiger partial charge in [-0.2, -0.15) is 13.2 Å². The smallest absolute Gasteiger partial charge is 0.271 e. The average molecular weight is 335 g/mol. The van der Waals surface area contributed by atoms with E-state index in [-0.39, 0.29) is 0 Å². The number of alkyl halides is 3. The van der Waals surface area contributed by atoms with Gasteiger partial charge >= 0.3 is 6.18 Å².